The summed E-state index contributed by atoms with van der Waals surface area (Å²) in [5, 5.41) is 5.41. The van der Waals surface area contributed by atoms with Crippen LogP contribution in [0.4, 0.5) is 18.9 Å². The number of benzene rings is 2. The van der Waals surface area contributed by atoms with Gasteiger partial charge in [-0.2, -0.15) is 0 Å². The molecule has 0 saturated heterocycles. The Labute approximate surface area is 177 Å². The van der Waals surface area contributed by atoms with Crippen LogP contribution in [0.2, 0.25) is 0 Å². The summed E-state index contributed by atoms with van der Waals surface area (Å²) in [5.41, 5.74) is 7.18. The van der Waals surface area contributed by atoms with Gasteiger partial charge >= 0.3 is 6.36 Å². The first kappa shape index (κ1) is 23.5. The standard InChI is InChI=1S/C18H19F3N4O2.HI/c19-18(20,21)27-15-8-6-14(7-9-15)25-17(22)24-12-16(26)23-11-10-13-4-2-1-3-5-13;/h1-9H,10-12H2,(H,23,26)(H3,22,24,25);1H. The number of hydrogen-bond acceptors (Lipinski definition) is 3. The van der Waals surface area contributed by atoms with Crippen LogP contribution in [0.5, 0.6) is 5.75 Å². The number of anilines is 1. The summed E-state index contributed by atoms with van der Waals surface area (Å²) in [6.45, 7) is 0.315. The largest absolute Gasteiger partial charge is 0.573 e. The summed E-state index contributed by atoms with van der Waals surface area (Å²) in [4.78, 5) is 15.6. The van der Waals surface area contributed by atoms with Crippen molar-refractivity contribution in [1.82, 2.24) is 5.32 Å². The lowest BCUT2D eigenvalue weighted by atomic mass is 10.1. The van der Waals surface area contributed by atoms with E-state index in [9.17, 15) is 18.0 Å². The van der Waals surface area contributed by atoms with E-state index in [1.54, 1.807) is 0 Å². The summed E-state index contributed by atoms with van der Waals surface area (Å²) in [7, 11) is 0. The van der Waals surface area contributed by atoms with Crippen LogP contribution < -0.4 is 21.1 Å². The number of hydrogen-bond donors (Lipinski definition) is 3. The van der Waals surface area contributed by atoms with Crippen LogP contribution in [0.3, 0.4) is 0 Å². The maximum atomic E-state index is 12.1. The zero-order chi connectivity index (χ0) is 19.7. The van der Waals surface area contributed by atoms with Crippen LogP contribution in [0.1, 0.15) is 5.56 Å². The molecule has 0 fully saturated rings. The van der Waals surface area contributed by atoms with Crippen molar-refractivity contribution < 1.29 is 22.7 Å². The van der Waals surface area contributed by atoms with E-state index in [0.717, 1.165) is 17.7 Å². The Morgan fingerprint density at radius 2 is 1.71 bits per heavy atom. The molecule has 2 aromatic rings. The van der Waals surface area contributed by atoms with Crippen LogP contribution in [0, 0.1) is 0 Å². The van der Waals surface area contributed by atoms with Gasteiger partial charge in [0.05, 0.1) is 0 Å². The molecule has 0 aliphatic rings. The van der Waals surface area contributed by atoms with E-state index >= 15 is 0 Å². The van der Waals surface area contributed by atoms with Gasteiger partial charge in [0.2, 0.25) is 5.91 Å². The van der Waals surface area contributed by atoms with Crippen molar-refractivity contribution in [3.05, 3.63) is 60.2 Å². The lowest BCUT2D eigenvalue weighted by molar-refractivity contribution is -0.274. The zero-order valence-electron chi connectivity index (χ0n) is 14.7. The minimum Gasteiger partial charge on any atom is -0.406 e. The normalized spacial score (nSPS) is 11.3. The number of aliphatic imine (C=N–C) groups is 1. The molecule has 0 atom stereocenters. The number of amides is 1. The molecule has 0 aromatic heterocycles. The SMILES string of the molecule is I.NC(=NCC(=O)NCCc1ccccc1)Nc1ccc(OC(F)(F)F)cc1. The molecular formula is C18H20F3IN4O2. The molecule has 4 N–H and O–H groups in total. The molecule has 0 spiro atoms. The van der Waals surface area contributed by atoms with Crippen molar-refractivity contribution >= 4 is 41.5 Å². The summed E-state index contributed by atoms with van der Waals surface area (Å²) in [6, 6.07) is 14.7. The Hall–Kier alpha value is -2.50. The van der Waals surface area contributed by atoms with Crippen LogP contribution in [-0.4, -0.2) is 31.3 Å². The molecule has 1 amide bonds. The number of guanidine groups is 1. The maximum Gasteiger partial charge on any atom is 0.573 e. The molecule has 152 valence electrons. The number of nitrogens with two attached hydrogens (primary N) is 1. The number of carbonyl (C=O) groups is 1. The third-order valence-corrected chi connectivity index (χ3v) is 3.33. The van der Waals surface area contributed by atoms with Crippen LogP contribution in [0.15, 0.2) is 59.6 Å². The van der Waals surface area contributed by atoms with E-state index in [4.69, 9.17) is 5.73 Å². The van der Waals surface area contributed by atoms with E-state index in [-0.39, 0.29) is 48.1 Å². The fraction of sp³-hybridized carbons (Fsp3) is 0.222. The van der Waals surface area contributed by atoms with Crippen molar-refractivity contribution in [2.45, 2.75) is 12.8 Å². The van der Waals surface area contributed by atoms with Crippen molar-refractivity contribution in [1.29, 1.82) is 0 Å². The summed E-state index contributed by atoms with van der Waals surface area (Å²) in [6.07, 6.45) is -4.04. The highest BCUT2D eigenvalue weighted by atomic mass is 127. The van der Waals surface area contributed by atoms with E-state index in [1.807, 2.05) is 30.3 Å². The first-order chi connectivity index (χ1) is 12.8. The number of carbonyl (C=O) groups excluding carboxylic acids is 1. The van der Waals surface area contributed by atoms with Gasteiger partial charge in [0.15, 0.2) is 5.96 Å². The molecule has 0 aliphatic carbocycles. The quantitative estimate of drug-likeness (QED) is 0.305. The van der Waals surface area contributed by atoms with Crippen molar-refractivity contribution in [2.75, 3.05) is 18.4 Å². The highest BCUT2D eigenvalue weighted by Gasteiger charge is 2.30. The molecule has 10 heteroatoms. The topological polar surface area (TPSA) is 88.7 Å². The Morgan fingerprint density at radius 1 is 1.07 bits per heavy atom. The van der Waals surface area contributed by atoms with E-state index in [1.165, 1.54) is 12.1 Å². The predicted octanol–water partition coefficient (Wildman–Crippen LogP) is 3.29. The monoisotopic (exact) mass is 508 g/mol. The number of alkyl halides is 3. The zero-order valence-corrected chi connectivity index (χ0v) is 17.0. The van der Waals surface area contributed by atoms with Gasteiger partial charge in [-0.15, -0.1) is 37.1 Å². The van der Waals surface area contributed by atoms with Gasteiger partial charge in [0.25, 0.3) is 0 Å². The molecule has 0 saturated carbocycles. The minimum absolute atomic E-state index is 0. The molecule has 2 rings (SSSR count). The van der Waals surface area contributed by atoms with Crippen LogP contribution >= 0.6 is 24.0 Å². The highest BCUT2D eigenvalue weighted by molar-refractivity contribution is 14.0. The van der Waals surface area contributed by atoms with Gasteiger partial charge in [-0.1, -0.05) is 30.3 Å². The molecule has 0 radical (unpaired) electrons. The van der Waals surface area contributed by atoms with Gasteiger partial charge < -0.3 is 21.1 Å². The van der Waals surface area contributed by atoms with E-state index in [2.05, 4.69) is 20.4 Å². The minimum atomic E-state index is -4.75. The molecule has 0 aliphatic heterocycles. The second-order valence-electron chi connectivity index (χ2n) is 5.48. The van der Waals surface area contributed by atoms with Gasteiger partial charge in [-0.3, -0.25) is 4.79 Å². The molecule has 0 heterocycles. The number of ether oxygens (including phenoxy) is 1. The Bertz CT molecular complexity index is 769. The van der Waals surface area contributed by atoms with E-state index in [0.29, 0.717) is 18.7 Å². The number of nitrogens with zero attached hydrogens (tertiary/aromatic N) is 1. The van der Waals surface area contributed by atoms with Crippen molar-refractivity contribution in [3.63, 3.8) is 0 Å². The third kappa shape index (κ3) is 9.44. The summed E-state index contributed by atoms with van der Waals surface area (Å²) in [5.74, 6) is -0.663. The predicted molar refractivity (Wildman–Crippen MR) is 112 cm³/mol. The van der Waals surface area contributed by atoms with Gasteiger partial charge in [0.1, 0.15) is 12.3 Å². The first-order valence-corrected chi connectivity index (χ1v) is 8.05. The molecular weight excluding hydrogens is 488 g/mol. The summed E-state index contributed by atoms with van der Waals surface area (Å²) < 4.78 is 40.1. The number of halogens is 4. The van der Waals surface area contributed by atoms with E-state index < -0.39 is 6.36 Å². The second kappa shape index (κ2) is 11.4. The maximum absolute atomic E-state index is 12.1. The Balaban J connectivity index is 0.00000392. The summed E-state index contributed by atoms with van der Waals surface area (Å²) >= 11 is 0. The fourth-order valence-corrected chi connectivity index (χ4v) is 2.13. The van der Waals surface area contributed by atoms with Crippen molar-refractivity contribution in [2.24, 2.45) is 10.7 Å². The van der Waals surface area contributed by atoms with Crippen LogP contribution in [0.25, 0.3) is 0 Å². The molecule has 2 aromatic carbocycles. The molecule has 28 heavy (non-hydrogen) atoms. The van der Waals surface area contributed by atoms with Gasteiger partial charge in [0, 0.05) is 12.2 Å². The second-order valence-corrected chi connectivity index (χ2v) is 5.48. The number of rotatable bonds is 7. The third-order valence-electron chi connectivity index (χ3n) is 3.33. The van der Waals surface area contributed by atoms with Crippen LogP contribution in [-0.2, 0) is 11.2 Å². The number of nitrogens with one attached hydrogen (secondary N) is 2. The Morgan fingerprint density at radius 3 is 2.32 bits per heavy atom. The lowest BCUT2D eigenvalue weighted by Gasteiger charge is -2.10. The average molecular weight is 508 g/mol. The smallest absolute Gasteiger partial charge is 0.406 e. The molecule has 0 unspecified atom stereocenters. The highest BCUT2D eigenvalue weighted by Crippen LogP contribution is 2.23. The van der Waals surface area contributed by atoms with Crippen molar-refractivity contribution in [3.8, 4) is 5.75 Å². The lowest BCUT2D eigenvalue weighted by Crippen LogP contribution is -2.30. The van der Waals surface area contributed by atoms with Gasteiger partial charge in [-0.05, 0) is 36.2 Å². The first-order valence-electron chi connectivity index (χ1n) is 8.05. The Kier molecular flexibility index (Phi) is 9.56. The fourth-order valence-electron chi connectivity index (χ4n) is 2.13. The molecule has 6 nitrogen and oxygen atoms in total. The molecule has 0 bridgehead atoms. The van der Waals surface area contributed by atoms with Gasteiger partial charge in [-0.25, -0.2) is 4.99 Å². The average Bonchev–Trinajstić information content (AvgIpc) is 2.61.